The molecular weight excluding hydrogens is 410 g/mol. The Balaban J connectivity index is 1.83. The van der Waals surface area contributed by atoms with Crippen LogP contribution in [0.3, 0.4) is 0 Å². The average Bonchev–Trinajstić information content (AvgIpc) is 3.36. The van der Waals surface area contributed by atoms with Gasteiger partial charge in [0.25, 0.3) is 0 Å². The molecule has 172 valence electrons. The molecule has 7 nitrogen and oxygen atoms in total. The van der Waals surface area contributed by atoms with E-state index in [0.717, 1.165) is 35.2 Å². The van der Waals surface area contributed by atoms with E-state index in [1.165, 1.54) is 24.1 Å². The molecule has 33 heavy (non-hydrogen) atoms. The van der Waals surface area contributed by atoms with E-state index in [0.29, 0.717) is 11.5 Å². The minimum atomic E-state index is -0.154. The standard InChI is InChI=1S/C26H33N7/c1-7-9-14-32(8-2)20-11-10-19(18(3)15-20)16-21-23(26(4,5)6)31-33-24(21)29-30-25(33)22-17-27-12-13-28-22/h10-13,15-17H,7-9,14H2,1-6H3/b21-16+. The third-order valence-electron chi connectivity index (χ3n) is 5.92. The summed E-state index contributed by atoms with van der Waals surface area (Å²) >= 11 is 0. The van der Waals surface area contributed by atoms with Crippen LogP contribution in [0, 0.1) is 6.92 Å². The van der Waals surface area contributed by atoms with Gasteiger partial charge < -0.3 is 4.90 Å². The van der Waals surface area contributed by atoms with Gasteiger partial charge in [-0.3, -0.25) is 4.98 Å². The zero-order valence-corrected chi connectivity index (χ0v) is 20.5. The predicted octanol–water partition coefficient (Wildman–Crippen LogP) is 4.36. The lowest BCUT2D eigenvalue weighted by Crippen LogP contribution is -2.24. The molecular formula is C26H33N7. The van der Waals surface area contributed by atoms with E-state index in [1.54, 1.807) is 23.1 Å². The molecule has 0 radical (unpaired) electrons. The second-order valence-electron chi connectivity index (χ2n) is 9.48. The third-order valence-corrected chi connectivity index (χ3v) is 5.92. The normalized spacial score (nSPS) is 12.6. The summed E-state index contributed by atoms with van der Waals surface area (Å²) in [5.41, 5.74) is 5.89. The fraction of sp³-hybridized carbons (Fsp3) is 0.423. The van der Waals surface area contributed by atoms with Crippen molar-refractivity contribution >= 4 is 17.4 Å². The van der Waals surface area contributed by atoms with E-state index in [-0.39, 0.29) is 5.41 Å². The van der Waals surface area contributed by atoms with Gasteiger partial charge in [0.15, 0.2) is 5.65 Å². The highest BCUT2D eigenvalue weighted by molar-refractivity contribution is 5.65. The van der Waals surface area contributed by atoms with Gasteiger partial charge in [-0.1, -0.05) is 40.2 Å². The molecule has 3 aromatic heterocycles. The van der Waals surface area contributed by atoms with Crippen LogP contribution in [-0.2, 0) is 5.41 Å². The molecule has 0 spiro atoms. The summed E-state index contributed by atoms with van der Waals surface area (Å²) in [6, 6.07) is 6.70. The maximum atomic E-state index is 4.92. The number of unbranched alkanes of at least 4 members (excludes halogenated alkanes) is 1. The molecule has 7 heteroatoms. The second kappa shape index (κ2) is 9.25. The van der Waals surface area contributed by atoms with Crippen molar-refractivity contribution in [3.05, 3.63) is 58.8 Å². The largest absolute Gasteiger partial charge is 0.372 e. The quantitative estimate of drug-likeness (QED) is 0.423. The number of benzene rings is 1. The fourth-order valence-electron chi connectivity index (χ4n) is 4.06. The van der Waals surface area contributed by atoms with E-state index in [2.05, 4.69) is 90.9 Å². The zero-order chi connectivity index (χ0) is 23.6. The average molecular weight is 444 g/mol. The van der Waals surface area contributed by atoms with E-state index in [1.807, 2.05) is 0 Å². The SMILES string of the molecule is CCCCN(CC)c1ccc(/C=c2\c(C(C)(C)C)nn3c(-c4cnccn4)nnc23)c(C)c1. The predicted molar refractivity (Wildman–Crippen MR) is 133 cm³/mol. The third kappa shape index (κ3) is 4.58. The highest BCUT2D eigenvalue weighted by atomic mass is 15.4. The van der Waals surface area contributed by atoms with E-state index in [4.69, 9.17) is 5.10 Å². The van der Waals surface area contributed by atoms with Crippen LogP contribution in [0.4, 0.5) is 5.69 Å². The van der Waals surface area contributed by atoms with Crippen molar-refractivity contribution in [2.24, 2.45) is 0 Å². The summed E-state index contributed by atoms with van der Waals surface area (Å²) in [5.74, 6) is 0.602. The topological polar surface area (TPSA) is 72.1 Å². The summed E-state index contributed by atoms with van der Waals surface area (Å²) in [6.45, 7) is 15.2. The Kier molecular flexibility index (Phi) is 6.40. The second-order valence-corrected chi connectivity index (χ2v) is 9.48. The van der Waals surface area contributed by atoms with Gasteiger partial charge in [0.2, 0.25) is 5.82 Å². The van der Waals surface area contributed by atoms with Gasteiger partial charge in [-0.25, -0.2) is 4.98 Å². The van der Waals surface area contributed by atoms with Crippen LogP contribution in [0.15, 0.2) is 36.8 Å². The number of fused-ring (bicyclic) bond motifs is 1. The summed E-state index contributed by atoms with van der Waals surface area (Å²) in [5, 5.41) is 14.8. The highest BCUT2D eigenvalue weighted by Gasteiger charge is 2.24. The lowest BCUT2D eigenvalue weighted by Gasteiger charge is -2.23. The molecule has 0 fully saturated rings. The van der Waals surface area contributed by atoms with Crippen molar-refractivity contribution in [2.45, 2.75) is 59.8 Å². The van der Waals surface area contributed by atoms with Crippen molar-refractivity contribution in [2.75, 3.05) is 18.0 Å². The maximum absolute atomic E-state index is 4.92. The van der Waals surface area contributed by atoms with Crippen LogP contribution in [0.2, 0.25) is 0 Å². The minimum Gasteiger partial charge on any atom is -0.372 e. The molecule has 4 rings (SSSR count). The molecule has 1 aromatic carbocycles. The van der Waals surface area contributed by atoms with Crippen molar-refractivity contribution in [3.8, 4) is 11.5 Å². The van der Waals surface area contributed by atoms with Crippen molar-refractivity contribution < 1.29 is 0 Å². The lowest BCUT2D eigenvalue weighted by atomic mass is 9.90. The maximum Gasteiger partial charge on any atom is 0.205 e. The van der Waals surface area contributed by atoms with Crippen LogP contribution >= 0.6 is 0 Å². The summed E-state index contributed by atoms with van der Waals surface area (Å²) in [7, 11) is 0. The van der Waals surface area contributed by atoms with Crippen LogP contribution < -0.4 is 10.1 Å². The van der Waals surface area contributed by atoms with Gasteiger partial charge in [0, 0.05) is 41.8 Å². The molecule has 4 aromatic rings. The Morgan fingerprint density at radius 2 is 1.91 bits per heavy atom. The number of hydrogen-bond acceptors (Lipinski definition) is 6. The minimum absolute atomic E-state index is 0.154. The van der Waals surface area contributed by atoms with Crippen molar-refractivity contribution in [1.29, 1.82) is 0 Å². The first-order valence-electron chi connectivity index (χ1n) is 11.7. The monoisotopic (exact) mass is 443 g/mol. The molecule has 0 amide bonds. The smallest absolute Gasteiger partial charge is 0.205 e. The molecule has 0 aliphatic carbocycles. The Bertz CT molecular complexity index is 1290. The number of aryl methyl sites for hydroxylation is 1. The summed E-state index contributed by atoms with van der Waals surface area (Å²) in [4.78, 5) is 11.0. The number of hydrogen-bond donors (Lipinski definition) is 0. The molecule has 0 aliphatic rings. The number of aromatic nitrogens is 6. The number of anilines is 1. The van der Waals surface area contributed by atoms with Crippen molar-refractivity contribution in [1.82, 2.24) is 29.8 Å². The van der Waals surface area contributed by atoms with E-state index >= 15 is 0 Å². The first-order chi connectivity index (χ1) is 15.8. The Morgan fingerprint density at radius 1 is 1.09 bits per heavy atom. The van der Waals surface area contributed by atoms with Gasteiger partial charge in [0.05, 0.1) is 11.9 Å². The molecule has 0 N–H and O–H groups in total. The molecule has 0 saturated carbocycles. The van der Waals surface area contributed by atoms with Gasteiger partial charge in [-0.05, 0) is 49.6 Å². The molecule has 0 aliphatic heterocycles. The number of rotatable bonds is 7. The van der Waals surface area contributed by atoms with Crippen molar-refractivity contribution in [3.63, 3.8) is 0 Å². The first kappa shape index (κ1) is 22.8. The van der Waals surface area contributed by atoms with Crippen LogP contribution in [0.5, 0.6) is 0 Å². The Hall–Kier alpha value is -3.35. The highest BCUT2D eigenvalue weighted by Crippen LogP contribution is 2.23. The van der Waals surface area contributed by atoms with Crippen LogP contribution in [-0.4, -0.2) is 42.9 Å². The Labute approximate surface area is 195 Å². The van der Waals surface area contributed by atoms with Gasteiger partial charge in [-0.2, -0.15) is 9.61 Å². The Morgan fingerprint density at radius 3 is 2.55 bits per heavy atom. The fourth-order valence-corrected chi connectivity index (χ4v) is 4.06. The first-order valence-corrected chi connectivity index (χ1v) is 11.7. The van der Waals surface area contributed by atoms with Gasteiger partial charge in [0.1, 0.15) is 5.69 Å². The molecule has 0 unspecified atom stereocenters. The van der Waals surface area contributed by atoms with Crippen LogP contribution in [0.25, 0.3) is 23.2 Å². The number of nitrogens with zero attached hydrogens (tertiary/aromatic N) is 7. The summed E-state index contributed by atoms with van der Waals surface area (Å²) < 4.78 is 1.80. The van der Waals surface area contributed by atoms with Crippen LogP contribution in [0.1, 0.15) is 64.3 Å². The van der Waals surface area contributed by atoms with E-state index in [9.17, 15) is 0 Å². The molecule has 0 atom stereocenters. The van der Waals surface area contributed by atoms with Gasteiger partial charge in [-0.15, -0.1) is 10.2 Å². The summed E-state index contributed by atoms with van der Waals surface area (Å²) in [6.07, 6.45) is 9.59. The molecule has 0 saturated heterocycles. The molecule has 0 bridgehead atoms. The van der Waals surface area contributed by atoms with E-state index < -0.39 is 0 Å². The van der Waals surface area contributed by atoms with Gasteiger partial charge >= 0.3 is 0 Å². The zero-order valence-electron chi connectivity index (χ0n) is 20.5. The lowest BCUT2D eigenvalue weighted by molar-refractivity contribution is 0.559. The molecule has 3 heterocycles.